The summed E-state index contributed by atoms with van der Waals surface area (Å²) in [7, 11) is -4.55. The number of phenolic OH excluding ortho intramolecular Hbond substituents is 1. The van der Waals surface area contributed by atoms with Gasteiger partial charge in [0.15, 0.2) is 0 Å². The van der Waals surface area contributed by atoms with E-state index in [2.05, 4.69) is 20.5 Å². The number of carboxylic acid groups (broad SMARTS) is 1. The van der Waals surface area contributed by atoms with Gasteiger partial charge >= 0.3 is 5.97 Å². The average Bonchev–Trinajstić information content (AvgIpc) is 2.96. The number of carboxylic acids is 1. The van der Waals surface area contributed by atoms with Crippen molar-refractivity contribution in [3.05, 3.63) is 114 Å². The van der Waals surface area contributed by atoms with E-state index in [0.29, 0.717) is 28.9 Å². The highest BCUT2D eigenvalue weighted by atomic mass is 32.2. The molecule has 42 heavy (non-hydrogen) atoms. The van der Waals surface area contributed by atoms with Crippen molar-refractivity contribution in [2.24, 2.45) is 20.5 Å². The van der Waals surface area contributed by atoms with Crippen molar-refractivity contribution in [3.63, 3.8) is 0 Å². The van der Waals surface area contributed by atoms with Crippen molar-refractivity contribution in [1.82, 2.24) is 0 Å². The monoisotopic (exact) mass is 582 g/mol. The molecular formula is C30H22N4O7S. The van der Waals surface area contributed by atoms with Crippen LogP contribution in [0.3, 0.4) is 0 Å². The summed E-state index contributed by atoms with van der Waals surface area (Å²) >= 11 is 0. The van der Waals surface area contributed by atoms with Crippen LogP contribution in [0.4, 0.5) is 22.7 Å². The fourth-order valence-corrected chi connectivity index (χ4v) is 4.77. The Morgan fingerprint density at radius 3 is 1.95 bits per heavy atom. The number of aromatic hydroxyl groups is 2. The van der Waals surface area contributed by atoms with E-state index in [0.717, 1.165) is 17.2 Å². The summed E-state index contributed by atoms with van der Waals surface area (Å²) in [5.41, 5.74) is 2.90. The van der Waals surface area contributed by atoms with Crippen LogP contribution in [-0.4, -0.2) is 34.3 Å². The van der Waals surface area contributed by atoms with Gasteiger partial charge in [-0.25, -0.2) is 4.79 Å². The zero-order valence-corrected chi connectivity index (χ0v) is 22.5. The van der Waals surface area contributed by atoms with Gasteiger partial charge in [0.05, 0.1) is 27.3 Å². The molecule has 0 saturated heterocycles. The largest absolute Gasteiger partial charge is 0.507 e. The Hall–Kier alpha value is -5.46. The quantitative estimate of drug-likeness (QED) is 0.107. The molecule has 0 fully saturated rings. The van der Waals surface area contributed by atoms with Crippen molar-refractivity contribution >= 4 is 49.6 Å². The van der Waals surface area contributed by atoms with Crippen molar-refractivity contribution in [3.8, 4) is 11.5 Å². The zero-order chi connectivity index (χ0) is 29.9. The van der Waals surface area contributed by atoms with Gasteiger partial charge < -0.3 is 15.3 Å². The maximum atomic E-state index is 11.7. The Bertz CT molecular complexity index is 1980. The molecule has 0 aliphatic rings. The first-order chi connectivity index (χ1) is 20.1. The van der Waals surface area contributed by atoms with Crippen LogP contribution in [0.5, 0.6) is 11.5 Å². The number of nitrogens with zero attached hydrogens (tertiary/aromatic N) is 4. The van der Waals surface area contributed by atoms with Gasteiger partial charge in [-0.1, -0.05) is 42.5 Å². The molecule has 5 aromatic carbocycles. The van der Waals surface area contributed by atoms with Crippen molar-refractivity contribution in [1.29, 1.82) is 0 Å². The van der Waals surface area contributed by atoms with Crippen LogP contribution in [0, 0.1) is 0 Å². The third-order valence-electron chi connectivity index (χ3n) is 6.27. The molecule has 210 valence electrons. The summed E-state index contributed by atoms with van der Waals surface area (Å²) in [4.78, 5) is 10.8. The van der Waals surface area contributed by atoms with Crippen LogP contribution in [0.25, 0.3) is 10.8 Å². The van der Waals surface area contributed by atoms with E-state index < -0.39 is 21.0 Å². The van der Waals surface area contributed by atoms with E-state index in [1.807, 2.05) is 30.3 Å². The summed E-state index contributed by atoms with van der Waals surface area (Å²) in [6.45, 7) is 0. The summed E-state index contributed by atoms with van der Waals surface area (Å²) in [5, 5.41) is 47.1. The lowest BCUT2D eigenvalue weighted by atomic mass is 9.98. The smallest absolute Gasteiger partial charge is 0.339 e. The summed E-state index contributed by atoms with van der Waals surface area (Å²) < 4.78 is 32.9. The van der Waals surface area contributed by atoms with Gasteiger partial charge in [0, 0.05) is 6.07 Å². The summed E-state index contributed by atoms with van der Waals surface area (Å²) in [5.74, 6) is -2.04. The highest BCUT2D eigenvalue weighted by molar-refractivity contribution is 7.85. The van der Waals surface area contributed by atoms with Crippen LogP contribution in [0.15, 0.2) is 122 Å². The van der Waals surface area contributed by atoms with Gasteiger partial charge in [-0.15, -0.1) is 5.11 Å². The molecule has 5 aromatic rings. The number of hydrogen-bond donors (Lipinski definition) is 4. The Morgan fingerprint density at radius 1 is 0.690 bits per heavy atom. The second kappa shape index (κ2) is 11.6. The standard InChI is InChI=1S/C30H22N4O7S/c35-26-13-12-23(16-25(26)30(37)38)33-31-21-8-10-22(11-9-21)32-34-29-20(14-18-4-2-1-3-5-18)7-6-19-15-24(42(39,40)41)17-27(36)28(19)29/h1-13,15-17,35-36H,14H2,(H,37,38)(H,39,40,41). The summed E-state index contributed by atoms with van der Waals surface area (Å²) in [6, 6.07) is 25.6. The molecule has 0 aliphatic carbocycles. The second-order valence-electron chi connectivity index (χ2n) is 9.17. The number of fused-ring (bicyclic) bond motifs is 1. The molecule has 0 spiro atoms. The van der Waals surface area contributed by atoms with Crippen molar-refractivity contribution in [2.45, 2.75) is 11.3 Å². The molecule has 0 atom stereocenters. The van der Waals surface area contributed by atoms with Gasteiger partial charge in [-0.2, -0.15) is 23.8 Å². The first-order valence-electron chi connectivity index (χ1n) is 12.4. The van der Waals surface area contributed by atoms with Crippen LogP contribution in [-0.2, 0) is 16.5 Å². The maximum Gasteiger partial charge on any atom is 0.339 e. The molecule has 12 heteroatoms. The van der Waals surface area contributed by atoms with Gasteiger partial charge in [0.1, 0.15) is 22.7 Å². The van der Waals surface area contributed by atoms with E-state index in [1.54, 1.807) is 36.4 Å². The Morgan fingerprint density at radius 2 is 1.31 bits per heavy atom. The van der Waals surface area contributed by atoms with E-state index in [4.69, 9.17) is 5.11 Å². The number of aromatic carboxylic acids is 1. The lowest BCUT2D eigenvalue weighted by molar-refractivity contribution is 0.0693. The molecule has 0 saturated carbocycles. The predicted octanol–water partition coefficient (Wildman–Crippen LogP) is 7.62. The number of hydrogen-bond acceptors (Lipinski definition) is 9. The highest BCUT2D eigenvalue weighted by Crippen LogP contribution is 2.40. The minimum absolute atomic E-state index is 0.243. The molecule has 0 aromatic heterocycles. The van der Waals surface area contributed by atoms with Gasteiger partial charge in [-0.3, -0.25) is 4.55 Å². The predicted molar refractivity (Wildman–Crippen MR) is 155 cm³/mol. The fraction of sp³-hybridized carbons (Fsp3) is 0.0333. The molecule has 0 unspecified atom stereocenters. The Kier molecular flexibility index (Phi) is 7.74. The molecule has 0 amide bonds. The molecule has 11 nitrogen and oxygen atoms in total. The average molecular weight is 583 g/mol. The summed E-state index contributed by atoms with van der Waals surface area (Å²) in [6.07, 6.45) is 0.463. The van der Waals surface area contributed by atoms with E-state index in [9.17, 15) is 28.0 Å². The molecule has 0 radical (unpaired) electrons. The van der Waals surface area contributed by atoms with Crippen LogP contribution in [0.2, 0.25) is 0 Å². The van der Waals surface area contributed by atoms with Gasteiger partial charge in [0.25, 0.3) is 10.1 Å². The fourth-order valence-electron chi connectivity index (χ4n) is 4.23. The van der Waals surface area contributed by atoms with Crippen LogP contribution >= 0.6 is 0 Å². The Labute approximate surface area is 239 Å². The molecule has 4 N–H and O–H groups in total. The molecule has 5 rings (SSSR count). The highest BCUT2D eigenvalue weighted by Gasteiger charge is 2.18. The van der Waals surface area contributed by atoms with E-state index in [1.165, 1.54) is 24.3 Å². The second-order valence-corrected chi connectivity index (χ2v) is 10.6. The lowest BCUT2D eigenvalue weighted by Crippen LogP contribution is -1.98. The number of carbonyl (C=O) groups is 1. The minimum atomic E-state index is -4.55. The minimum Gasteiger partial charge on any atom is -0.507 e. The molecule has 0 heterocycles. The lowest BCUT2D eigenvalue weighted by Gasteiger charge is -2.12. The normalized spacial score (nSPS) is 11.9. The third-order valence-corrected chi connectivity index (χ3v) is 7.10. The van der Waals surface area contributed by atoms with Crippen molar-refractivity contribution < 1.29 is 33.1 Å². The maximum absolute atomic E-state index is 11.7. The number of rotatable bonds is 8. The number of azo groups is 2. The number of phenols is 2. The van der Waals surface area contributed by atoms with Gasteiger partial charge in [-0.05, 0) is 71.5 Å². The first kappa shape index (κ1) is 28.1. The zero-order valence-electron chi connectivity index (χ0n) is 21.7. The number of benzene rings is 5. The molecular weight excluding hydrogens is 560 g/mol. The van der Waals surface area contributed by atoms with Crippen molar-refractivity contribution in [2.75, 3.05) is 0 Å². The third kappa shape index (κ3) is 6.30. The van der Waals surface area contributed by atoms with E-state index in [-0.39, 0.29) is 28.1 Å². The van der Waals surface area contributed by atoms with E-state index >= 15 is 0 Å². The van der Waals surface area contributed by atoms with Gasteiger partial charge in [0.2, 0.25) is 0 Å². The van der Waals surface area contributed by atoms with Crippen LogP contribution in [0.1, 0.15) is 21.5 Å². The SMILES string of the molecule is O=C(O)c1cc(N=Nc2ccc(N=Nc3c(Cc4ccccc4)ccc4cc(S(=O)(=O)O)cc(O)c34)cc2)ccc1O. The van der Waals surface area contributed by atoms with Crippen LogP contribution < -0.4 is 0 Å². The Balaban J connectivity index is 1.48. The molecule has 0 bridgehead atoms. The first-order valence-corrected chi connectivity index (χ1v) is 13.8. The molecule has 0 aliphatic heterocycles. The topological polar surface area (TPSA) is 182 Å².